The summed E-state index contributed by atoms with van der Waals surface area (Å²) in [5.41, 5.74) is -0.657. The van der Waals surface area contributed by atoms with E-state index in [0.29, 0.717) is 25.7 Å². The molecule has 10 nitrogen and oxygen atoms in total. The molecule has 0 aromatic rings. The van der Waals surface area contributed by atoms with Gasteiger partial charge >= 0.3 is 17.9 Å². The maximum Gasteiger partial charge on any atom is 0.332 e. The second kappa shape index (κ2) is 13.9. The Kier molecular flexibility index (Phi) is 14.1. The zero-order valence-electron chi connectivity index (χ0n) is 11.9. The molecule has 22 heavy (non-hydrogen) atoms. The second-order valence-corrected chi connectivity index (χ2v) is 3.90. The number of hydrogen-bond donors (Lipinski definition) is 6. The number of hydrogen-bond acceptors (Lipinski definition) is 7. The van der Waals surface area contributed by atoms with Gasteiger partial charge in [0.2, 0.25) is 0 Å². The summed E-state index contributed by atoms with van der Waals surface area (Å²) in [5, 5.41) is 50.0. The monoisotopic (exact) mass is 323 g/mol. The Morgan fingerprint density at radius 1 is 0.818 bits per heavy atom. The van der Waals surface area contributed by atoms with Crippen LogP contribution in [-0.4, -0.2) is 92.9 Å². The summed E-state index contributed by atoms with van der Waals surface area (Å²) >= 11 is 0. The fraction of sp³-hybridized carbons (Fsp3) is 0.583. The van der Waals surface area contributed by atoms with Crippen LogP contribution in [-0.2, 0) is 14.4 Å². The van der Waals surface area contributed by atoms with Crippen LogP contribution in [0.5, 0.6) is 0 Å². The number of aliphatic hydroxyl groups excluding tert-OH is 3. The van der Waals surface area contributed by atoms with Crippen molar-refractivity contribution < 1.29 is 45.0 Å². The molecule has 0 heterocycles. The summed E-state index contributed by atoms with van der Waals surface area (Å²) in [7, 11) is 0. The van der Waals surface area contributed by atoms with Crippen molar-refractivity contribution in [2.75, 3.05) is 39.5 Å². The van der Waals surface area contributed by atoms with Crippen LogP contribution in [0.2, 0.25) is 0 Å². The van der Waals surface area contributed by atoms with E-state index in [2.05, 4.69) is 0 Å². The van der Waals surface area contributed by atoms with Gasteiger partial charge in [-0.25, -0.2) is 9.59 Å². The van der Waals surface area contributed by atoms with Gasteiger partial charge in [0.15, 0.2) is 0 Å². The van der Waals surface area contributed by atoms with Crippen molar-refractivity contribution in [3.63, 3.8) is 0 Å². The van der Waals surface area contributed by atoms with E-state index in [1.54, 1.807) is 4.90 Å². The number of carbonyl (C=O) groups is 3. The highest BCUT2D eigenvalue weighted by Gasteiger charge is 2.12. The fourth-order valence-electron chi connectivity index (χ4n) is 1.26. The Bertz CT molecular complexity index is 367. The third-order valence-electron chi connectivity index (χ3n) is 2.16. The van der Waals surface area contributed by atoms with Gasteiger partial charge in [-0.3, -0.25) is 9.69 Å². The summed E-state index contributed by atoms with van der Waals surface area (Å²) < 4.78 is 0. The molecule has 0 rings (SSSR count). The Morgan fingerprint density at radius 3 is 1.45 bits per heavy atom. The van der Waals surface area contributed by atoms with E-state index in [-0.39, 0.29) is 19.8 Å². The van der Waals surface area contributed by atoms with Crippen molar-refractivity contribution in [3.05, 3.63) is 11.6 Å². The zero-order valence-corrected chi connectivity index (χ0v) is 11.9. The molecule has 6 N–H and O–H groups in total. The molecule has 0 unspecified atom stereocenters. The Morgan fingerprint density at radius 2 is 1.23 bits per heavy atom. The molecule has 0 spiro atoms. The summed E-state index contributed by atoms with van der Waals surface area (Å²) in [6, 6.07) is 0. The summed E-state index contributed by atoms with van der Waals surface area (Å²) in [4.78, 5) is 31.9. The normalized spacial score (nSPS) is 10.8. The summed E-state index contributed by atoms with van der Waals surface area (Å²) in [6.07, 6.45) is -0.446. The first-order valence-electron chi connectivity index (χ1n) is 6.22. The standard InChI is InChI=1S/C6H15NO3.C6H6O6/c8-4-1-7(2-5-9)3-6-10;7-4(8)1-3(6(11)12)2-5(9)10/h8-10H,1-6H2;1H,2H2,(H,7,8)(H,9,10)(H,11,12). The molecule has 0 atom stereocenters. The van der Waals surface area contributed by atoms with E-state index in [9.17, 15) is 14.4 Å². The molecule has 0 saturated heterocycles. The lowest BCUT2D eigenvalue weighted by molar-refractivity contribution is -0.140. The highest BCUT2D eigenvalue weighted by atomic mass is 16.4. The third-order valence-corrected chi connectivity index (χ3v) is 2.16. The number of aliphatic carboxylic acids is 3. The molecule has 0 saturated carbocycles. The van der Waals surface area contributed by atoms with E-state index in [1.165, 1.54) is 0 Å². The minimum Gasteiger partial charge on any atom is -0.481 e. The largest absolute Gasteiger partial charge is 0.481 e. The average Bonchev–Trinajstić information content (AvgIpc) is 2.38. The number of nitrogens with zero attached hydrogens (tertiary/aromatic N) is 1. The summed E-state index contributed by atoms with van der Waals surface area (Å²) in [6.45, 7) is 1.75. The van der Waals surface area contributed by atoms with E-state index in [1.807, 2.05) is 0 Å². The summed E-state index contributed by atoms with van der Waals surface area (Å²) in [5.74, 6) is -4.40. The maximum atomic E-state index is 10.2. The van der Waals surface area contributed by atoms with Gasteiger partial charge in [-0.05, 0) is 0 Å². The van der Waals surface area contributed by atoms with Crippen molar-refractivity contribution in [1.82, 2.24) is 4.90 Å². The van der Waals surface area contributed by atoms with Crippen molar-refractivity contribution >= 4 is 17.9 Å². The van der Waals surface area contributed by atoms with Gasteiger partial charge in [-0.1, -0.05) is 0 Å². The van der Waals surface area contributed by atoms with E-state index >= 15 is 0 Å². The first-order chi connectivity index (χ1) is 10.3. The number of carboxylic acid groups (broad SMARTS) is 3. The second-order valence-electron chi connectivity index (χ2n) is 3.90. The lowest BCUT2D eigenvalue weighted by Crippen LogP contribution is -2.32. The molecule has 0 aliphatic rings. The number of aliphatic hydroxyl groups is 3. The minimum absolute atomic E-state index is 0.0694. The van der Waals surface area contributed by atoms with Crippen LogP contribution >= 0.6 is 0 Å². The van der Waals surface area contributed by atoms with Gasteiger partial charge in [-0.2, -0.15) is 0 Å². The van der Waals surface area contributed by atoms with Gasteiger partial charge in [0, 0.05) is 25.7 Å². The van der Waals surface area contributed by atoms with Crippen molar-refractivity contribution in [3.8, 4) is 0 Å². The Hall–Kier alpha value is -2.01. The van der Waals surface area contributed by atoms with Crippen LogP contribution in [0.25, 0.3) is 0 Å². The van der Waals surface area contributed by atoms with E-state index in [4.69, 9.17) is 30.6 Å². The minimum atomic E-state index is -1.54. The van der Waals surface area contributed by atoms with E-state index < -0.39 is 29.9 Å². The molecule has 0 radical (unpaired) electrons. The van der Waals surface area contributed by atoms with E-state index in [0.717, 1.165) is 0 Å². The molecule has 10 heteroatoms. The Labute approximate surface area is 126 Å². The molecule has 0 aromatic carbocycles. The smallest absolute Gasteiger partial charge is 0.332 e. The van der Waals surface area contributed by atoms with Gasteiger partial charge in [0.25, 0.3) is 0 Å². The average molecular weight is 323 g/mol. The van der Waals surface area contributed by atoms with Crippen LogP contribution in [0.1, 0.15) is 6.42 Å². The van der Waals surface area contributed by atoms with Crippen molar-refractivity contribution in [2.45, 2.75) is 6.42 Å². The first-order valence-corrected chi connectivity index (χ1v) is 6.22. The molecule has 0 fully saturated rings. The highest BCUT2D eigenvalue weighted by Crippen LogP contribution is 2.00. The van der Waals surface area contributed by atoms with Crippen molar-refractivity contribution in [1.29, 1.82) is 0 Å². The van der Waals surface area contributed by atoms with Crippen LogP contribution in [0.15, 0.2) is 11.6 Å². The molecular weight excluding hydrogens is 302 g/mol. The van der Waals surface area contributed by atoms with Crippen LogP contribution < -0.4 is 0 Å². The quantitative estimate of drug-likeness (QED) is 0.242. The van der Waals surface area contributed by atoms with Gasteiger partial charge in [0.05, 0.1) is 31.8 Å². The first kappa shape index (κ1) is 22.3. The number of carboxylic acids is 3. The van der Waals surface area contributed by atoms with Gasteiger partial charge in [-0.15, -0.1) is 0 Å². The highest BCUT2D eigenvalue weighted by molar-refractivity contribution is 5.98. The molecule has 128 valence electrons. The lowest BCUT2D eigenvalue weighted by atomic mass is 10.2. The molecule has 0 aliphatic heterocycles. The Balaban J connectivity index is 0. The van der Waals surface area contributed by atoms with Gasteiger partial charge < -0.3 is 30.6 Å². The van der Waals surface area contributed by atoms with Crippen LogP contribution in [0, 0.1) is 0 Å². The van der Waals surface area contributed by atoms with Crippen molar-refractivity contribution in [2.24, 2.45) is 0 Å². The molecule has 0 bridgehead atoms. The predicted octanol–water partition coefficient (Wildman–Crippen LogP) is -2.18. The molecule has 0 aromatic heterocycles. The molecule has 0 aliphatic carbocycles. The topological polar surface area (TPSA) is 176 Å². The number of rotatable bonds is 10. The van der Waals surface area contributed by atoms with Crippen LogP contribution in [0.3, 0.4) is 0 Å². The fourth-order valence-corrected chi connectivity index (χ4v) is 1.26. The maximum absolute atomic E-state index is 10.2. The molecule has 0 amide bonds. The lowest BCUT2D eigenvalue weighted by Gasteiger charge is -2.17. The van der Waals surface area contributed by atoms with Crippen LogP contribution in [0.4, 0.5) is 0 Å². The third kappa shape index (κ3) is 14.4. The predicted molar refractivity (Wildman–Crippen MR) is 73.3 cm³/mol. The zero-order chi connectivity index (χ0) is 17.5. The SMILES string of the molecule is O=C(O)C=C(CC(=O)O)C(=O)O.OCCN(CCO)CCO. The van der Waals surface area contributed by atoms with Gasteiger partial charge in [0.1, 0.15) is 0 Å². The molecular formula is C12H21NO9.